The molecule has 2 heterocycles. The Balaban J connectivity index is 0.000000299. The van der Waals surface area contributed by atoms with Gasteiger partial charge in [0, 0.05) is 47.5 Å². The van der Waals surface area contributed by atoms with Crippen LogP contribution in [0.2, 0.25) is 0 Å². The fourth-order valence-corrected chi connectivity index (χ4v) is 5.27. The molecule has 13 nitrogen and oxygen atoms in total. The number of ether oxygens (including phenoxy) is 2. The summed E-state index contributed by atoms with van der Waals surface area (Å²) < 4.78 is 12.1. The smallest absolute Gasteiger partial charge is 0.328 e. The molecule has 0 radical (unpaired) electrons. The minimum absolute atomic E-state index is 0.0619. The maximum Gasteiger partial charge on any atom is 0.328 e. The summed E-state index contributed by atoms with van der Waals surface area (Å²) in [6.07, 6.45) is 7.03. The van der Waals surface area contributed by atoms with Crippen LogP contribution >= 0.6 is 0 Å². The van der Waals surface area contributed by atoms with Gasteiger partial charge >= 0.3 is 23.9 Å². The van der Waals surface area contributed by atoms with E-state index in [0.29, 0.717) is 49.6 Å². The Morgan fingerprint density at radius 1 is 0.652 bits per heavy atom. The quantitative estimate of drug-likeness (QED) is 0.237. The average Bonchev–Trinajstić information content (AvgIpc) is 3.70. The van der Waals surface area contributed by atoms with Gasteiger partial charge in [-0.2, -0.15) is 0 Å². The molecule has 2 fully saturated rings. The van der Waals surface area contributed by atoms with Crippen LogP contribution in [0.25, 0.3) is 11.1 Å². The molecule has 4 N–H and O–H groups in total. The Morgan fingerprint density at radius 2 is 1.00 bits per heavy atom. The van der Waals surface area contributed by atoms with Crippen LogP contribution in [0, 0.1) is 0 Å². The van der Waals surface area contributed by atoms with E-state index in [1.807, 2.05) is 36.4 Å². The number of carbonyl (C=O) groups excluding carboxylic acids is 1. The number of likely N-dealkylation sites (tertiary alicyclic amines) is 2. The lowest BCUT2D eigenvalue weighted by Gasteiger charge is -2.19. The monoisotopic (exact) mass is 638 g/mol. The summed E-state index contributed by atoms with van der Waals surface area (Å²) in [6.45, 7) is 3.61. The fourth-order valence-electron chi connectivity index (χ4n) is 5.27. The zero-order valence-electron chi connectivity index (χ0n) is 25.6. The van der Waals surface area contributed by atoms with Gasteiger partial charge in [-0.1, -0.05) is 0 Å². The van der Waals surface area contributed by atoms with E-state index < -0.39 is 23.9 Å². The third kappa shape index (κ3) is 10.6. The number of hydrogen-bond acceptors (Lipinski definition) is 9. The van der Waals surface area contributed by atoms with E-state index in [9.17, 15) is 24.0 Å². The Kier molecular flexibility index (Phi) is 13.0. The highest BCUT2D eigenvalue weighted by Gasteiger charge is 2.29. The number of carboxylic acid groups (broad SMARTS) is 4. The van der Waals surface area contributed by atoms with Crippen molar-refractivity contribution >= 4 is 29.7 Å². The van der Waals surface area contributed by atoms with Gasteiger partial charge in [-0.15, -0.1) is 0 Å². The van der Waals surface area contributed by atoms with Crippen molar-refractivity contribution < 1.29 is 53.9 Å². The molecule has 2 aromatic carbocycles. The van der Waals surface area contributed by atoms with Crippen molar-refractivity contribution in [1.82, 2.24) is 9.80 Å². The van der Waals surface area contributed by atoms with Crippen molar-refractivity contribution in [2.45, 2.75) is 37.8 Å². The van der Waals surface area contributed by atoms with Gasteiger partial charge in [-0.25, -0.2) is 19.2 Å². The first-order valence-corrected chi connectivity index (χ1v) is 14.6. The maximum absolute atomic E-state index is 13.1. The highest BCUT2D eigenvalue weighted by molar-refractivity contribution is 6.22. The minimum Gasteiger partial charge on any atom is -0.492 e. The van der Waals surface area contributed by atoms with Gasteiger partial charge in [0.1, 0.15) is 24.7 Å². The van der Waals surface area contributed by atoms with Crippen LogP contribution in [0.5, 0.6) is 11.5 Å². The second-order valence-electron chi connectivity index (χ2n) is 10.9. The lowest BCUT2D eigenvalue weighted by atomic mass is 10.1. The molecule has 0 bridgehead atoms. The molecular weight excluding hydrogens is 600 g/mol. The zero-order chi connectivity index (χ0) is 33.8. The van der Waals surface area contributed by atoms with E-state index in [-0.39, 0.29) is 5.78 Å². The van der Waals surface area contributed by atoms with E-state index in [1.54, 1.807) is 0 Å². The normalized spacial score (nSPS) is 18.7. The summed E-state index contributed by atoms with van der Waals surface area (Å²) in [4.78, 5) is 56.0. The summed E-state index contributed by atoms with van der Waals surface area (Å²) >= 11 is 0. The molecule has 46 heavy (non-hydrogen) atoms. The van der Waals surface area contributed by atoms with Gasteiger partial charge in [0.2, 0.25) is 0 Å². The van der Waals surface area contributed by atoms with Crippen LogP contribution in [-0.4, -0.2) is 112 Å². The molecular formula is C33H38N2O11. The summed E-state index contributed by atoms with van der Waals surface area (Å²) in [5, 5.41) is 31.2. The number of hydrogen-bond donors (Lipinski definition) is 4. The summed E-state index contributed by atoms with van der Waals surface area (Å²) in [6, 6.07) is 12.7. The third-order valence-corrected chi connectivity index (χ3v) is 7.73. The highest BCUT2D eigenvalue weighted by Crippen LogP contribution is 2.40. The van der Waals surface area contributed by atoms with E-state index in [0.717, 1.165) is 46.8 Å². The zero-order valence-corrected chi connectivity index (χ0v) is 25.6. The molecule has 2 aromatic rings. The van der Waals surface area contributed by atoms with Gasteiger partial charge in [-0.3, -0.25) is 4.79 Å². The number of benzene rings is 2. The van der Waals surface area contributed by atoms with Crippen LogP contribution in [-0.2, 0) is 19.2 Å². The van der Waals surface area contributed by atoms with E-state index in [1.165, 1.54) is 25.7 Å². The lowest BCUT2D eigenvalue weighted by Crippen LogP contribution is -2.30. The molecule has 2 saturated heterocycles. The van der Waals surface area contributed by atoms with Crippen LogP contribution in [0.1, 0.15) is 41.6 Å². The van der Waals surface area contributed by atoms with E-state index in [2.05, 4.69) is 23.9 Å². The SMILES string of the molecule is CN1CCCC1COc1ccc2c(c1)C(=O)c1cc(OCC3CCCN3C)ccc1-2.O=C(O)C=CC(=O)O.O=C(O)C=CC(=O)O. The molecule has 246 valence electrons. The number of nitrogens with zero attached hydrogens (tertiary/aromatic N) is 2. The van der Waals surface area contributed by atoms with Gasteiger partial charge in [0.05, 0.1) is 0 Å². The van der Waals surface area contributed by atoms with Crippen molar-refractivity contribution in [1.29, 1.82) is 0 Å². The van der Waals surface area contributed by atoms with E-state index >= 15 is 0 Å². The van der Waals surface area contributed by atoms with Crippen LogP contribution in [0.15, 0.2) is 60.7 Å². The number of aliphatic carboxylic acids is 4. The molecule has 1 aliphatic carbocycles. The molecule has 0 amide bonds. The highest BCUT2D eigenvalue weighted by atomic mass is 16.5. The maximum atomic E-state index is 13.1. The average molecular weight is 639 g/mol. The molecule has 2 aliphatic heterocycles. The topological polar surface area (TPSA) is 191 Å². The first-order chi connectivity index (χ1) is 21.8. The fraction of sp³-hybridized carbons (Fsp3) is 0.364. The number of carbonyl (C=O) groups is 5. The standard InChI is InChI=1S/C25H30N2O3.2C4H4O4/c1-26-11-3-5-17(26)15-29-19-7-9-21-22-10-8-20(14-24(22)25(28)23(21)13-19)30-16-18-6-4-12-27(18)2;2*5-3(6)1-2-4(7)8/h7-10,13-14,17-18H,3-6,11-12,15-16H2,1-2H3;2*1-2H,(H,5,6)(H,7,8). The second kappa shape index (κ2) is 16.9. The predicted molar refractivity (Wildman–Crippen MR) is 166 cm³/mol. The van der Waals surface area contributed by atoms with Crippen LogP contribution in [0.4, 0.5) is 0 Å². The van der Waals surface area contributed by atoms with Crippen molar-refractivity contribution in [3.05, 3.63) is 71.8 Å². The summed E-state index contributed by atoms with van der Waals surface area (Å²) in [5.74, 6) is -3.42. The van der Waals surface area contributed by atoms with E-state index in [4.69, 9.17) is 29.9 Å². The van der Waals surface area contributed by atoms with Crippen LogP contribution < -0.4 is 9.47 Å². The van der Waals surface area contributed by atoms with Crippen molar-refractivity contribution in [3.63, 3.8) is 0 Å². The number of ketones is 1. The predicted octanol–water partition coefficient (Wildman–Crippen LogP) is 3.27. The molecule has 2 atom stereocenters. The Morgan fingerprint density at radius 3 is 1.28 bits per heavy atom. The molecule has 3 aliphatic rings. The Labute approximate surface area is 265 Å². The Hall–Kier alpha value is -5.01. The van der Waals surface area contributed by atoms with Crippen molar-refractivity contribution in [3.8, 4) is 22.6 Å². The number of likely N-dealkylation sites (N-methyl/N-ethyl adjacent to an activating group) is 2. The second-order valence-corrected chi connectivity index (χ2v) is 10.9. The van der Waals surface area contributed by atoms with Gasteiger partial charge in [0.25, 0.3) is 0 Å². The first kappa shape index (κ1) is 35.5. The molecule has 0 aromatic heterocycles. The Bertz CT molecular complexity index is 1360. The van der Waals surface area contributed by atoms with Gasteiger partial charge in [-0.05, 0) is 100 Å². The summed E-state index contributed by atoms with van der Waals surface area (Å²) in [5.41, 5.74) is 3.44. The summed E-state index contributed by atoms with van der Waals surface area (Å²) in [7, 11) is 4.29. The van der Waals surface area contributed by atoms with Crippen molar-refractivity contribution in [2.24, 2.45) is 0 Å². The largest absolute Gasteiger partial charge is 0.492 e. The minimum atomic E-state index is -1.26. The third-order valence-electron chi connectivity index (χ3n) is 7.73. The number of rotatable bonds is 10. The van der Waals surface area contributed by atoms with Gasteiger partial charge < -0.3 is 39.7 Å². The molecule has 2 unspecified atom stereocenters. The number of fused-ring (bicyclic) bond motifs is 3. The van der Waals surface area contributed by atoms with Gasteiger partial charge in [0.15, 0.2) is 5.78 Å². The molecule has 0 spiro atoms. The molecule has 0 saturated carbocycles. The number of carboxylic acids is 4. The van der Waals surface area contributed by atoms with Crippen molar-refractivity contribution in [2.75, 3.05) is 40.4 Å². The molecule has 13 heteroatoms. The first-order valence-electron chi connectivity index (χ1n) is 14.6. The molecule has 5 rings (SSSR count). The lowest BCUT2D eigenvalue weighted by molar-refractivity contribution is -0.134. The van der Waals surface area contributed by atoms with Crippen LogP contribution in [0.3, 0.4) is 0 Å².